The molecular weight excluding hydrogens is 292 g/mol. The minimum Gasteiger partial charge on any atom is -0.244 e. The summed E-state index contributed by atoms with van der Waals surface area (Å²) in [5.41, 5.74) is 8.35. The van der Waals surface area contributed by atoms with Crippen LogP contribution in [-0.2, 0) is 0 Å². The van der Waals surface area contributed by atoms with Crippen LogP contribution in [-0.4, -0.2) is 9.97 Å². The van der Waals surface area contributed by atoms with Gasteiger partial charge in [0.1, 0.15) is 0 Å². The lowest BCUT2D eigenvalue weighted by molar-refractivity contribution is 1.28. The Morgan fingerprint density at radius 1 is 0.542 bits per heavy atom. The molecule has 1 aromatic heterocycles. The van der Waals surface area contributed by atoms with E-state index < -0.39 is 0 Å². The number of para-hydroxylation sites is 2. The number of aryl methyl sites for hydroxylation is 2. The normalized spacial score (nSPS) is 10.9. The SMILES string of the molecule is Cc1cccc(-c2nc3ccccc3nc2-c2cccc(C)c2)c1. The first-order valence-corrected chi connectivity index (χ1v) is 8.11. The fourth-order valence-corrected chi connectivity index (χ4v) is 2.99. The van der Waals surface area contributed by atoms with Crippen LogP contribution in [0.25, 0.3) is 33.5 Å². The maximum Gasteiger partial charge on any atom is 0.0973 e. The van der Waals surface area contributed by atoms with Crippen molar-refractivity contribution >= 4 is 11.0 Å². The van der Waals surface area contributed by atoms with Crippen LogP contribution in [0.1, 0.15) is 11.1 Å². The van der Waals surface area contributed by atoms with Crippen LogP contribution < -0.4 is 0 Å². The highest BCUT2D eigenvalue weighted by Crippen LogP contribution is 2.31. The summed E-state index contributed by atoms with van der Waals surface area (Å²) in [6, 6.07) is 24.9. The summed E-state index contributed by atoms with van der Waals surface area (Å²) in [5, 5.41) is 0. The lowest BCUT2D eigenvalue weighted by Gasteiger charge is -2.11. The average molecular weight is 310 g/mol. The first-order valence-electron chi connectivity index (χ1n) is 8.11. The molecule has 0 aliphatic rings. The van der Waals surface area contributed by atoms with Crippen LogP contribution in [0.15, 0.2) is 72.8 Å². The van der Waals surface area contributed by atoms with E-state index in [2.05, 4.69) is 62.4 Å². The average Bonchev–Trinajstić information content (AvgIpc) is 2.60. The maximum absolute atomic E-state index is 4.93. The van der Waals surface area contributed by atoms with Gasteiger partial charge in [-0.3, -0.25) is 0 Å². The fraction of sp³-hybridized carbons (Fsp3) is 0.0909. The highest BCUT2D eigenvalue weighted by molar-refractivity contribution is 5.86. The van der Waals surface area contributed by atoms with E-state index in [9.17, 15) is 0 Å². The number of fused-ring (bicyclic) bond motifs is 1. The fourth-order valence-electron chi connectivity index (χ4n) is 2.99. The van der Waals surface area contributed by atoms with Gasteiger partial charge in [-0.2, -0.15) is 0 Å². The Bertz CT molecular complexity index is 951. The van der Waals surface area contributed by atoms with Crippen molar-refractivity contribution in [2.45, 2.75) is 13.8 Å². The van der Waals surface area contributed by atoms with Gasteiger partial charge in [0.15, 0.2) is 0 Å². The molecule has 116 valence electrons. The van der Waals surface area contributed by atoms with Crippen molar-refractivity contribution in [1.82, 2.24) is 9.97 Å². The molecule has 3 aromatic carbocycles. The third-order valence-electron chi connectivity index (χ3n) is 4.15. The summed E-state index contributed by atoms with van der Waals surface area (Å²) >= 11 is 0. The van der Waals surface area contributed by atoms with E-state index in [-0.39, 0.29) is 0 Å². The third kappa shape index (κ3) is 2.67. The van der Waals surface area contributed by atoms with Gasteiger partial charge in [-0.15, -0.1) is 0 Å². The molecule has 0 bridgehead atoms. The van der Waals surface area contributed by atoms with Crippen molar-refractivity contribution in [3.63, 3.8) is 0 Å². The molecule has 0 aliphatic carbocycles. The minimum absolute atomic E-state index is 0.922. The largest absolute Gasteiger partial charge is 0.244 e. The number of benzene rings is 3. The Balaban J connectivity index is 2.04. The summed E-state index contributed by atoms with van der Waals surface area (Å²) in [7, 11) is 0. The number of nitrogens with zero attached hydrogens (tertiary/aromatic N) is 2. The molecule has 0 fully saturated rings. The lowest BCUT2D eigenvalue weighted by atomic mass is 10.0. The predicted molar refractivity (Wildman–Crippen MR) is 99.9 cm³/mol. The third-order valence-corrected chi connectivity index (χ3v) is 4.15. The quantitative estimate of drug-likeness (QED) is 0.483. The van der Waals surface area contributed by atoms with Crippen molar-refractivity contribution in [1.29, 1.82) is 0 Å². The Morgan fingerprint density at radius 2 is 1.00 bits per heavy atom. The van der Waals surface area contributed by atoms with Gasteiger partial charge in [-0.05, 0) is 38.1 Å². The van der Waals surface area contributed by atoms with Crippen molar-refractivity contribution in [2.24, 2.45) is 0 Å². The molecule has 1 heterocycles. The summed E-state index contributed by atoms with van der Waals surface area (Å²) in [6.07, 6.45) is 0. The zero-order chi connectivity index (χ0) is 16.5. The molecule has 0 aliphatic heterocycles. The highest BCUT2D eigenvalue weighted by atomic mass is 14.8. The van der Waals surface area contributed by atoms with Crippen molar-refractivity contribution in [3.05, 3.63) is 83.9 Å². The van der Waals surface area contributed by atoms with E-state index in [1.54, 1.807) is 0 Å². The van der Waals surface area contributed by atoms with Gasteiger partial charge < -0.3 is 0 Å². The summed E-state index contributed by atoms with van der Waals surface area (Å²) < 4.78 is 0. The number of aromatic nitrogens is 2. The van der Waals surface area contributed by atoms with Crippen LogP contribution in [0.5, 0.6) is 0 Å². The molecule has 0 spiro atoms. The van der Waals surface area contributed by atoms with Crippen LogP contribution in [0.3, 0.4) is 0 Å². The second kappa shape index (κ2) is 5.89. The summed E-state index contributed by atoms with van der Waals surface area (Å²) in [4.78, 5) is 9.86. The van der Waals surface area contributed by atoms with E-state index in [0.717, 1.165) is 33.5 Å². The molecule has 0 saturated carbocycles. The van der Waals surface area contributed by atoms with Gasteiger partial charge in [0, 0.05) is 11.1 Å². The molecular formula is C22H18N2. The van der Waals surface area contributed by atoms with Gasteiger partial charge in [0.25, 0.3) is 0 Å². The van der Waals surface area contributed by atoms with Gasteiger partial charge in [-0.1, -0.05) is 59.7 Å². The Morgan fingerprint density at radius 3 is 1.42 bits per heavy atom. The van der Waals surface area contributed by atoms with Gasteiger partial charge in [0.05, 0.1) is 22.4 Å². The van der Waals surface area contributed by atoms with Crippen LogP contribution in [0.2, 0.25) is 0 Å². The second-order valence-electron chi connectivity index (χ2n) is 6.15. The maximum atomic E-state index is 4.93. The topological polar surface area (TPSA) is 25.8 Å². The van der Waals surface area contributed by atoms with Crippen molar-refractivity contribution < 1.29 is 0 Å². The molecule has 4 rings (SSSR count). The minimum atomic E-state index is 0.922. The van der Waals surface area contributed by atoms with Gasteiger partial charge >= 0.3 is 0 Å². The zero-order valence-electron chi connectivity index (χ0n) is 13.8. The molecule has 0 unspecified atom stereocenters. The van der Waals surface area contributed by atoms with E-state index in [1.807, 2.05) is 24.3 Å². The van der Waals surface area contributed by atoms with E-state index in [4.69, 9.17) is 9.97 Å². The molecule has 0 N–H and O–H groups in total. The summed E-state index contributed by atoms with van der Waals surface area (Å²) in [5.74, 6) is 0. The van der Waals surface area contributed by atoms with Crippen molar-refractivity contribution in [3.8, 4) is 22.5 Å². The van der Waals surface area contributed by atoms with Crippen LogP contribution in [0, 0.1) is 13.8 Å². The van der Waals surface area contributed by atoms with E-state index >= 15 is 0 Å². The summed E-state index contributed by atoms with van der Waals surface area (Å²) in [6.45, 7) is 4.20. The monoisotopic (exact) mass is 310 g/mol. The lowest BCUT2D eigenvalue weighted by Crippen LogP contribution is -1.96. The molecule has 24 heavy (non-hydrogen) atoms. The first-order chi connectivity index (χ1) is 11.7. The van der Waals surface area contributed by atoms with Gasteiger partial charge in [-0.25, -0.2) is 9.97 Å². The van der Waals surface area contributed by atoms with E-state index in [0.29, 0.717) is 0 Å². The Labute approximate surface area is 141 Å². The Hall–Kier alpha value is -3.00. The molecule has 4 aromatic rings. The first kappa shape index (κ1) is 14.6. The van der Waals surface area contributed by atoms with Gasteiger partial charge in [0.2, 0.25) is 0 Å². The number of hydrogen-bond donors (Lipinski definition) is 0. The second-order valence-corrected chi connectivity index (χ2v) is 6.15. The number of hydrogen-bond acceptors (Lipinski definition) is 2. The molecule has 0 atom stereocenters. The smallest absolute Gasteiger partial charge is 0.0973 e. The van der Waals surface area contributed by atoms with Crippen LogP contribution in [0.4, 0.5) is 0 Å². The van der Waals surface area contributed by atoms with Crippen molar-refractivity contribution in [2.75, 3.05) is 0 Å². The molecule has 2 nitrogen and oxygen atoms in total. The predicted octanol–water partition coefficient (Wildman–Crippen LogP) is 5.58. The highest BCUT2D eigenvalue weighted by Gasteiger charge is 2.13. The molecule has 0 saturated heterocycles. The van der Waals surface area contributed by atoms with Crippen LogP contribution >= 0.6 is 0 Å². The Kier molecular flexibility index (Phi) is 3.58. The molecule has 2 heteroatoms. The molecule has 0 amide bonds. The number of rotatable bonds is 2. The standard InChI is InChI=1S/C22H18N2/c1-15-7-5-9-17(13-15)21-22(18-10-6-8-16(2)14-18)24-20-12-4-3-11-19(20)23-21/h3-14H,1-2H3. The van der Waals surface area contributed by atoms with E-state index in [1.165, 1.54) is 11.1 Å². The molecule has 0 radical (unpaired) electrons. The zero-order valence-corrected chi connectivity index (χ0v) is 13.8.